The summed E-state index contributed by atoms with van der Waals surface area (Å²) in [7, 11) is 0. The minimum atomic E-state index is -0.733. The van der Waals surface area contributed by atoms with Crippen molar-refractivity contribution >= 4 is 17.5 Å². The lowest BCUT2D eigenvalue weighted by atomic mass is 9.97. The summed E-state index contributed by atoms with van der Waals surface area (Å²) in [4.78, 5) is 25.5. The van der Waals surface area contributed by atoms with E-state index in [0.717, 1.165) is 12.2 Å². The number of carbonyl (C=O) groups excluding carboxylic acids is 2. The predicted octanol–water partition coefficient (Wildman–Crippen LogP) is 1.60. The number of benzene rings is 1. The van der Waals surface area contributed by atoms with Crippen LogP contribution in [0.25, 0.3) is 0 Å². The fourth-order valence-corrected chi connectivity index (χ4v) is 2.56. The zero-order chi connectivity index (χ0) is 15.6. The van der Waals surface area contributed by atoms with E-state index < -0.39 is 5.54 Å². The maximum atomic E-state index is 12.0. The normalized spacial score (nSPS) is 19.3. The van der Waals surface area contributed by atoms with Crippen LogP contribution >= 0.6 is 0 Å². The highest BCUT2D eigenvalue weighted by Crippen LogP contribution is 2.27. The van der Waals surface area contributed by atoms with E-state index in [4.69, 9.17) is 0 Å². The first-order valence-corrected chi connectivity index (χ1v) is 7.31. The predicted molar refractivity (Wildman–Crippen MR) is 83.1 cm³/mol. The summed E-state index contributed by atoms with van der Waals surface area (Å²) in [5.41, 5.74) is 1.34. The van der Waals surface area contributed by atoms with Crippen LogP contribution in [0.5, 0.6) is 0 Å². The highest BCUT2D eigenvalue weighted by Gasteiger charge is 2.40. The number of rotatable bonds is 4. The zero-order valence-electron chi connectivity index (χ0n) is 13.1. The monoisotopic (exact) mass is 289 g/mol. The average Bonchev–Trinajstić information content (AvgIpc) is 2.44. The van der Waals surface area contributed by atoms with Crippen LogP contribution < -0.4 is 15.5 Å². The smallest absolute Gasteiger partial charge is 0.251 e. The third-order valence-electron chi connectivity index (χ3n) is 4.00. The molecule has 21 heavy (non-hydrogen) atoms. The molecule has 0 radical (unpaired) electrons. The van der Waals surface area contributed by atoms with Gasteiger partial charge in [-0.05, 0) is 45.0 Å². The Bertz CT molecular complexity index is 537. The van der Waals surface area contributed by atoms with Gasteiger partial charge in [0.25, 0.3) is 5.91 Å². The van der Waals surface area contributed by atoms with E-state index in [9.17, 15) is 9.59 Å². The van der Waals surface area contributed by atoms with Gasteiger partial charge in [-0.25, -0.2) is 0 Å². The van der Waals surface area contributed by atoms with Gasteiger partial charge in [-0.1, -0.05) is 19.1 Å². The van der Waals surface area contributed by atoms with Gasteiger partial charge in [0.2, 0.25) is 5.91 Å². The molecule has 1 unspecified atom stereocenters. The molecule has 1 aliphatic heterocycles. The van der Waals surface area contributed by atoms with E-state index in [-0.39, 0.29) is 24.4 Å². The van der Waals surface area contributed by atoms with E-state index in [1.807, 2.05) is 43.0 Å². The average molecular weight is 289 g/mol. The number of piperazine rings is 1. The minimum absolute atomic E-state index is 0.195. The van der Waals surface area contributed by atoms with Gasteiger partial charge in [0.15, 0.2) is 0 Å². The molecular weight excluding hydrogens is 266 g/mol. The first-order valence-electron chi connectivity index (χ1n) is 7.31. The van der Waals surface area contributed by atoms with Gasteiger partial charge < -0.3 is 10.2 Å². The third-order valence-corrected chi connectivity index (χ3v) is 4.00. The summed E-state index contributed by atoms with van der Waals surface area (Å²) < 4.78 is 0. The van der Waals surface area contributed by atoms with Crippen molar-refractivity contribution in [3.8, 4) is 0 Å². The second-order valence-corrected chi connectivity index (χ2v) is 5.89. The molecule has 1 saturated heterocycles. The van der Waals surface area contributed by atoms with Gasteiger partial charge >= 0.3 is 0 Å². The van der Waals surface area contributed by atoms with E-state index in [2.05, 4.69) is 24.5 Å². The molecule has 0 spiro atoms. The molecule has 0 aliphatic carbocycles. The Labute approximate surface area is 125 Å². The third kappa shape index (κ3) is 3.08. The fraction of sp³-hybridized carbons (Fsp3) is 0.500. The van der Waals surface area contributed by atoms with Crippen molar-refractivity contribution in [2.24, 2.45) is 0 Å². The van der Waals surface area contributed by atoms with Crippen molar-refractivity contribution in [2.45, 2.75) is 39.3 Å². The molecule has 114 valence electrons. The summed E-state index contributed by atoms with van der Waals surface area (Å²) in [5, 5.41) is 5.75. The lowest BCUT2D eigenvalue weighted by molar-refractivity contribution is -0.135. The molecule has 2 N–H and O–H groups in total. The summed E-state index contributed by atoms with van der Waals surface area (Å²) >= 11 is 0. The van der Waals surface area contributed by atoms with Crippen LogP contribution in [-0.2, 0) is 9.59 Å². The number of hydrogen-bond donors (Lipinski definition) is 2. The molecule has 0 aromatic heterocycles. The van der Waals surface area contributed by atoms with Crippen LogP contribution in [0.1, 0.15) is 39.3 Å². The molecule has 2 rings (SSSR count). The molecule has 1 aromatic rings. The largest absolute Gasteiger partial charge is 0.348 e. The van der Waals surface area contributed by atoms with Crippen molar-refractivity contribution in [2.75, 3.05) is 18.0 Å². The van der Waals surface area contributed by atoms with E-state index in [1.165, 1.54) is 5.56 Å². The summed E-state index contributed by atoms with van der Waals surface area (Å²) in [5.74, 6) is -0.520. The Morgan fingerprint density at radius 2 is 1.90 bits per heavy atom. The number of carbonyl (C=O) groups is 2. The van der Waals surface area contributed by atoms with Crippen LogP contribution in [0.4, 0.5) is 5.69 Å². The zero-order valence-corrected chi connectivity index (χ0v) is 13.1. The van der Waals surface area contributed by atoms with Crippen molar-refractivity contribution in [3.05, 3.63) is 29.8 Å². The molecular formula is C16H23N3O2. The van der Waals surface area contributed by atoms with E-state index in [0.29, 0.717) is 0 Å². The van der Waals surface area contributed by atoms with Gasteiger partial charge in [0, 0.05) is 11.7 Å². The molecule has 2 amide bonds. The molecule has 5 nitrogen and oxygen atoms in total. The maximum Gasteiger partial charge on any atom is 0.251 e. The number of hydrogen-bond acceptors (Lipinski definition) is 4. The summed E-state index contributed by atoms with van der Waals surface area (Å²) in [6.07, 6.45) is 0. The van der Waals surface area contributed by atoms with E-state index >= 15 is 0 Å². The van der Waals surface area contributed by atoms with Crippen LogP contribution in [0.3, 0.4) is 0 Å². The fourth-order valence-electron chi connectivity index (χ4n) is 2.56. The molecule has 5 heteroatoms. The van der Waals surface area contributed by atoms with Crippen molar-refractivity contribution < 1.29 is 9.59 Å². The quantitative estimate of drug-likeness (QED) is 0.827. The number of nitrogens with zero attached hydrogens (tertiary/aromatic N) is 1. The van der Waals surface area contributed by atoms with Crippen LogP contribution in [-0.4, -0.2) is 30.4 Å². The number of anilines is 1. The second kappa shape index (κ2) is 5.85. The molecule has 1 heterocycles. The SMILES string of the molecule is CCNC(C)c1ccc(N2CC(=O)NC(=O)C2(C)C)cc1. The second-order valence-electron chi connectivity index (χ2n) is 5.89. The topological polar surface area (TPSA) is 61.4 Å². The number of imide groups is 1. The number of nitrogens with one attached hydrogen (secondary N) is 2. The van der Waals surface area contributed by atoms with Crippen molar-refractivity contribution in [3.63, 3.8) is 0 Å². The first-order chi connectivity index (χ1) is 9.86. The van der Waals surface area contributed by atoms with Gasteiger partial charge in [-0.15, -0.1) is 0 Å². The van der Waals surface area contributed by atoms with Gasteiger partial charge in [-0.3, -0.25) is 14.9 Å². The molecule has 1 fully saturated rings. The van der Waals surface area contributed by atoms with Gasteiger partial charge in [0.05, 0.1) is 6.54 Å². The molecule has 1 aliphatic rings. The Morgan fingerprint density at radius 1 is 1.29 bits per heavy atom. The molecule has 1 aromatic carbocycles. The van der Waals surface area contributed by atoms with Gasteiger partial charge in [0.1, 0.15) is 5.54 Å². The lowest BCUT2D eigenvalue weighted by Gasteiger charge is -2.41. The molecule has 0 bridgehead atoms. The maximum absolute atomic E-state index is 12.0. The Kier molecular flexibility index (Phi) is 4.32. The van der Waals surface area contributed by atoms with Crippen molar-refractivity contribution in [1.82, 2.24) is 10.6 Å². The standard InChI is InChI=1S/C16H23N3O2/c1-5-17-11(2)12-6-8-13(9-7-12)19-10-14(20)18-15(21)16(19,3)4/h6-9,11,17H,5,10H2,1-4H3,(H,18,20,21). The Morgan fingerprint density at radius 3 is 2.48 bits per heavy atom. The Balaban J connectivity index is 2.24. The van der Waals surface area contributed by atoms with Gasteiger partial charge in [-0.2, -0.15) is 0 Å². The molecule has 0 saturated carbocycles. The summed E-state index contributed by atoms with van der Waals surface area (Å²) in [6, 6.07) is 8.29. The molecule has 1 atom stereocenters. The summed E-state index contributed by atoms with van der Waals surface area (Å²) in [6.45, 7) is 8.94. The lowest BCUT2D eigenvalue weighted by Crippen LogP contribution is -2.64. The van der Waals surface area contributed by atoms with Crippen LogP contribution in [0.2, 0.25) is 0 Å². The van der Waals surface area contributed by atoms with Crippen LogP contribution in [0.15, 0.2) is 24.3 Å². The minimum Gasteiger partial charge on any atom is -0.348 e. The van der Waals surface area contributed by atoms with Crippen molar-refractivity contribution in [1.29, 1.82) is 0 Å². The Hall–Kier alpha value is -1.88. The van der Waals surface area contributed by atoms with Crippen LogP contribution in [0, 0.1) is 0 Å². The van der Waals surface area contributed by atoms with E-state index in [1.54, 1.807) is 0 Å². The first kappa shape index (κ1) is 15.5. The highest BCUT2D eigenvalue weighted by molar-refractivity contribution is 6.06. The number of amides is 2. The highest BCUT2D eigenvalue weighted by atomic mass is 16.2.